The summed E-state index contributed by atoms with van der Waals surface area (Å²) in [5.41, 5.74) is 3.09. The second kappa shape index (κ2) is 10.3. The second-order valence-corrected chi connectivity index (χ2v) is 7.74. The first-order valence-electron chi connectivity index (χ1n) is 8.49. The van der Waals surface area contributed by atoms with E-state index in [-0.39, 0.29) is 5.75 Å². The van der Waals surface area contributed by atoms with Crippen LogP contribution in [-0.2, 0) is 22.1 Å². The highest BCUT2D eigenvalue weighted by atomic mass is 32.2. The number of methoxy groups -OCH3 is 1. The molecule has 26 heavy (non-hydrogen) atoms. The van der Waals surface area contributed by atoms with Crippen LogP contribution in [0, 0.1) is 6.92 Å². The van der Waals surface area contributed by atoms with Crippen molar-refractivity contribution in [3.05, 3.63) is 71.3 Å². The number of ether oxygens (including phenoxy) is 2. The van der Waals surface area contributed by atoms with Gasteiger partial charge >= 0.3 is 0 Å². The van der Waals surface area contributed by atoms with Crippen LogP contribution in [0.25, 0.3) is 0 Å². The molecule has 5 heteroatoms. The Morgan fingerprint density at radius 2 is 1.81 bits per heavy atom. The van der Waals surface area contributed by atoms with Gasteiger partial charge in [-0.05, 0) is 49.2 Å². The predicted octanol–water partition coefficient (Wildman–Crippen LogP) is 3.64. The fraction of sp³-hybridized carbons (Fsp3) is 0.333. The lowest BCUT2D eigenvalue weighted by molar-refractivity contribution is 0.141. The molecule has 0 saturated carbocycles. The predicted molar refractivity (Wildman–Crippen MR) is 105 cm³/mol. The molecular formula is C21H26O4S. The van der Waals surface area contributed by atoms with Crippen molar-refractivity contribution < 1.29 is 18.8 Å². The van der Waals surface area contributed by atoms with Crippen LogP contribution in [-0.4, -0.2) is 34.9 Å². The zero-order chi connectivity index (χ0) is 18.9. The maximum atomic E-state index is 12.3. The van der Waals surface area contributed by atoms with Gasteiger partial charge in [-0.1, -0.05) is 35.9 Å². The summed E-state index contributed by atoms with van der Waals surface area (Å²) in [4.78, 5) is 0.733. The Bertz CT molecular complexity index is 736. The Hall–Kier alpha value is -1.95. The fourth-order valence-electron chi connectivity index (χ4n) is 2.42. The maximum absolute atomic E-state index is 12.3. The SMILES string of the molecule is COc1ccc(COC/C(C)=C\[C@H](O)C[S@@](=O)c2ccc(C)cc2)cc1. The zero-order valence-electron chi connectivity index (χ0n) is 15.5. The fourth-order valence-corrected chi connectivity index (χ4v) is 3.46. The van der Waals surface area contributed by atoms with Gasteiger partial charge in [-0.15, -0.1) is 0 Å². The highest BCUT2D eigenvalue weighted by molar-refractivity contribution is 7.85. The Morgan fingerprint density at radius 1 is 1.15 bits per heavy atom. The number of aryl methyl sites for hydroxylation is 1. The molecule has 2 aromatic carbocycles. The lowest BCUT2D eigenvalue weighted by Crippen LogP contribution is -2.15. The number of rotatable bonds is 9. The topological polar surface area (TPSA) is 55.8 Å². The molecule has 0 unspecified atom stereocenters. The average molecular weight is 375 g/mol. The normalized spacial score (nSPS) is 14.1. The van der Waals surface area contributed by atoms with Crippen LogP contribution in [0.2, 0.25) is 0 Å². The van der Waals surface area contributed by atoms with E-state index in [0.29, 0.717) is 13.2 Å². The molecular weight excluding hydrogens is 348 g/mol. The molecule has 0 aliphatic heterocycles. The summed E-state index contributed by atoms with van der Waals surface area (Å²) in [7, 11) is 0.412. The van der Waals surface area contributed by atoms with Crippen molar-refractivity contribution in [3.63, 3.8) is 0 Å². The average Bonchev–Trinajstić information content (AvgIpc) is 2.62. The van der Waals surface area contributed by atoms with Gasteiger partial charge in [0, 0.05) is 4.90 Å². The summed E-state index contributed by atoms with van der Waals surface area (Å²) in [5.74, 6) is 0.994. The molecule has 0 radical (unpaired) electrons. The van der Waals surface area contributed by atoms with Gasteiger partial charge in [0.2, 0.25) is 0 Å². The lowest BCUT2D eigenvalue weighted by atomic mass is 10.2. The molecule has 0 heterocycles. The number of hydrogen-bond acceptors (Lipinski definition) is 4. The number of benzene rings is 2. The standard InChI is InChI=1S/C21H26O4S/c1-16-4-10-21(11-5-16)26(23)15-19(22)12-17(2)13-25-14-18-6-8-20(24-3)9-7-18/h4-12,19,22H,13-15H2,1-3H3/b17-12-/t19-,26+/m0/s1. The summed E-state index contributed by atoms with van der Waals surface area (Å²) < 4.78 is 23.1. The summed E-state index contributed by atoms with van der Waals surface area (Å²) in [6.07, 6.45) is 0.946. The smallest absolute Gasteiger partial charge is 0.118 e. The summed E-state index contributed by atoms with van der Waals surface area (Å²) >= 11 is 0. The molecule has 1 N–H and O–H groups in total. The second-order valence-electron chi connectivity index (χ2n) is 6.25. The largest absolute Gasteiger partial charge is 0.497 e. The highest BCUT2D eigenvalue weighted by Crippen LogP contribution is 2.13. The summed E-state index contributed by atoms with van der Waals surface area (Å²) in [6.45, 7) is 4.78. The minimum absolute atomic E-state index is 0.179. The molecule has 0 aromatic heterocycles. The Labute approximate surface area is 157 Å². The third kappa shape index (κ3) is 6.75. The van der Waals surface area contributed by atoms with E-state index >= 15 is 0 Å². The molecule has 0 amide bonds. The quantitative estimate of drug-likeness (QED) is 0.681. The minimum Gasteiger partial charge on any atom is -0.497 e. The first-order chi connectivity index (χ1) is 12.5. The van der Waals surface area contributed by atoms with E-state index in [2.05, 4.69) is 0 Å². The van der Waals surface area contributed by atoms with Crippen LogP contribution >= 0.6 is 0 Å². The Balaban J connectivity index is 1.78. The zero-order valence-corrected chi connectivity index (χ0v) is 16.3. The summed E-state index contributed by atoms with van der Waals surface area (Å²) in [5, 5.41) is 10.1. The van der Waals surface area contributed by atoms with Gasteiger partial charge in [0.05, 0.1) is 43.0 Å². The first kappa shape index (κ1) is 20.4. The molecule has 0 saturated heterocycles. The van der Waals surface area contributed by atoms with E-state index in [1.165, 1.54) is 0 Å². The van der Waals surface area contributed by atoms with Gasteiger partial charge in [0.1, 0.15) is 5.75 Å². The van der Waals surface area contributed by atoms with E-state index < -0.39 is 16.9 Å². The van der Waals surface area contributed by atoms with Crippen molar-refractivity contribution in [2.75, 3.05) is 19.5 Å². The molecule has 0 aliphatic carbocycles. The van der Waals surface area contributed by atoms with Crippen molar-refractivity contribution in [1.82, 2.24) is 0 Å². The van der Waals surface area contributed by atoms with Gasteiger partial charge in [0.15, 0.2) is 0 Å². The first-order valence-corrected chi connectivity index (χ1v) is 9.81. The van der Waals surface area contributed by atoms with Crippen LogP contribution in [0.4, 0.5) is 0 Å². The van der Waals surface area contributed by atoms with Crippen molar-refractivity contribution >= 4 is 10.8 Å². The van der Waals surface area contributed by atoms with Gasteiger partial charge < -0.3 is 14.6 Å². The number of aliphatic hydroxyl groups excluding tert-OH is 1. The van der Waals surface area contributed by atoms with Gasteiger partial charge in [-0.25, -0.2) is 0 Å². The molecule has 0 fully saturated rings. The van der Waals surface area contributed by atoms with E-state index in [1.54, 1.807) is 13.2 Å². The van der Waals surface area contributed by atoms with E-state index in [9.17, 15) is 9.32 Å². The molecule has 0 bridgehead atoms. The molecule has 0 spiro atoms. The molecule has 0 aliphatic rings. The van der Waals surface area contributed by atoms with Crippen molar-refractivity contribution in [2.45, 2.75) is 31.5 Å². The highest BCUT2D eigenvalue weighted by Gasteiger charge is 2.10. The van der Waals surface area contributed by atoms with Crippen molar-refractivity contribution in [3.8, 4) is 5.75 Å². The third-order valence-electron chi connectivity index (χ3n) is 3.84. The molecule has 2 rings (SSSR count). The molecule has 140 valence electrons. The van der Waals surface area contributed by atoms with Crippen LogP contribution in [0.15, 0.2) is 65.1 Å². The van der Waals surface area contributed by atoms with Crippen LogP contribution < -0.4 is 4.74 Å². The Morgan fingerprint density at radius 3 is 2.42 bits per heavy atom. The van der Waals surface area contributed by atoms with Crippen LogP contribution in [0.3, 0.4) is 0 Å². The molecule has 4 nitrogen and oxygen atoms in total. The Kier molecular flexibility index (Phi) is 8.04. The number of hydrogen-bond donors (Lipinski definition) is 1. The van der Waals surface area contributed by atoms with E-state index in [4.69, 9.17) is 9.47 Å². The van der Waals surface area contributed by atoms with Crippen molar-refractivity contribution in [1.29, 1.82) is 0 Å². The van der Waals surface area contributed by atoms with Gasteiger partial charge in [-0.3, -0.25) is 4.21 Å². The third-order valence-corrected chi connectivity index (χ3v) is 5.28. The van der Waals surface area contributed by atoms with Crippen LogP contribution in [0.5, 0.6) is 5.75 Å². The molecule has 2 aromatic rings. The maximum Gasteiger partial charge on any atom is 0.118 e. The minimum atomic E-state index is -1.22. The number of aliphatic hydroxyl groups is 1. The monoisotopic (exact) mass is 374 g/mol. The summed E-state index contributed by atoms with van der Waals surface area (Å²) in [6, 6.07) is 15.2. The van der Waals surface area contributed by atoms with E-state index in [1.807, 2.05) is 62.4 Å². The van der Waals surface area contributed by atoms with Crippen molar-refractivity contribution in [2.24, 2.45) is 0 Å². The van der Waals surface area contributed by atoms with Gasteiger partial charge in [-0.2, -0.15) is 0 Å². The van der Waals surface area contributed by atoms with Crippen LogP contribution in [0.1, 0.15) is 18.1 Å². The lowest BCUT2D eigenvalue weighted by Gasteiger charge is -2.10. The van der Waals surface area contributed by atoms with Gasteiger partial charge in [0.25, 0.3) is 0 Å². The molecule has 2 atom stereocenters. The van der Waals surface area contributed by atoms with E-state index in [0.717, 1.165) is 27.3 Å².